The van der Waals surface area contributed by atoms with Gasteiger partial charge >= 0.3 is 0 Å². The molecule has 1 aromatic heterocycles. The molecule has 29 heavy (non-hydrogen) atoms. The lowest BCUT2D eigenvalue weighted by atomic mass is 10.1. The van der Waals surface area contributed by atoms with Gasteiger partial charge in [-0.05, 0) is 31.5 Å². The maximum atomic E-state index is 12.6. The Morgan fingerprint density at radius 3 is 2.48 bits per heavy atom. The van der Waals surface area contributed by atoms with E-state index in [1.165, 1.54) is 16.8 Å². The second-order valence-electron chi connectivity index (χ2n) is 7.58. The standard InChI is InChI=1S/C23H26N4O2/c1-17-6-8-19(9-7-17)23-24-21(29-25-23)10-11-22(28)27-14-12-26(13-15-27)20-5-3-4-18(2)16-20/h3-9,16H,10-15H2,1-2H3. The summed E-state index contributed by atoms with van der Waals surface area (Å²) in [6, 6.07) is 16.5. The lowest BCUT2D eigenvalue weighted by Gasteiger charge is -2.36. The molecule has 1 fully saturated rings. The number of aromatic nitrogens is 2. The highest BCUT2D eigenvalue weighted by atomic mass is 16.5. The SMILES string of the molecule is Cc1ccc(-c2noc(CCC(=O)N3CCN(c4cccc(C)c4)CC3)n2)cc1. The molecule has 0 aliphatic carbocycles. The molecule has 0 unspecified atom stereocenters. The summed E-state index contributed by atoms with van der Waals surface area (Å²) in [4.78, 5) is 21.3. The molecule has 4 rings (SSSR count). The topological polar surface area (TPSA) is 62.5 Å². The van der Waals surface area contributed by atoms with Gasteiger partial charge in [0, 0.05) is 50.3 Å². The van der Waals surface area contributed by atoms with E-state index in [1.54, 1.807) is 0 Å². The van der Waals surface area contributed by atoms with E-state index in [1.807, 2.05) is 36.1 Å². The average molecular weight is 390 g/mol. The molecule has 0 spiro atoms. The summed E-state index contributed by atoms with van der Waals surface area (Å²) in [5, 5.41) is 4.04. The maximum Gasteiger partial charge on any atom is 0.227 e. The number of amides is 1. The molecular weight excluding hydrogens is 364 g/mol. The van der Waals surface area contributed by atoms with Crippen molar-refractivity contribution in [3.63, 3.8) is 0 Å². The van der Waals surface area contributed by atoms with Crippen LogP contribution in [0.25, 0.3) is 11.4 Å². The van der Waals surface area contributed by atoms with Crippen LogP contribution in [0.3, 0.4) is 0 Å². The van der Waals surface area contributed by atoms with E-state index in [9.17, 15) is 4.79 Å². The van der Waals surface area contributed by atoms with Crippen LogP contribution >= 0.6 is 0 Å². The fraction of sp³-hybridized carbons (Fsp3) is 0.348. The molecule has 1 aliphatic heterocycles. The minimum atomic E-state index is 0.143. The van der Waals surface area contributed by atoms with Crippen LogP contribution in [0.4, 0.5) is 5.69 Å². The number of hydrogen-bond acceptors (Lipinski definition) is 5. The maximum absolute atomic E-state index is 12.6. The average Bonchev–Trinajstić information content (AvgIpc) is 3.22. The molecule has 0 bridgehead atoms. The van der Waals surface area contributed by atoms with Gasteiger partial charge in [-0.25, -0.2) is 0 Å². The molecule has 0 saturated carbocycles. The lowest BCUT2D eigenvalue weighted by Crippen LogP contribution is -2.48. The number of carbonyl (C=O) groups excluding carboxylic acids is 1. The zero-order chi connectivity index (χ0) is 20.2. The smallest absolute Gasteiger partial charge is 0.227 e. The summed E-state index contributed by atoms with van der Waals surface area (Å²) in [6.07, 6.45) is 0.857. The van der Waals surface area contributed by atoms with Gasteiger partial charge in [-0.2, -0.15) is 4.98 Å². The van der Waals surface area contributed by atoms with Gasteiger partial charge in [0.05, 0.1) is 0 Å². The Bertz CT molecular complexity index is 973. The van der Waals surface area contributed by atoms with E-state index in [0.29, 0.717) is 24.6 Å². The van der Waals surface area contributed by atoms with Crippen LogP contribution in [0.1, 0.15) is 23.4 Å². The number of carbonyl (C=O) groups is 1. The number of nitrogens with zero attached hydrogens (tertiary/aromatic N) is 4. The minimum Gasteiger partial charge on any atom is -0.368 e. The Balaban J connectivity index is 1.28. The Kier molecular flexibility index (Phi) is 5.60. The second kappa shape index (κ2) is 8.47. The molecule has 1 saturated heterocycles. The molecule has 3 aromatic rings. The zero-order valence-corrected chi connectivity index (χ0v) is 17.0. The molecule has 1 aliphatic rings. The summed E-state index contributed by atoms with van der Waals surface area (Å²) in [5.41, 5.74) is 4.59. The number of rotatable bonds is 5. The third kappa shape index (κ3) is 4.65. The van der Waals surface area contributed by atoms with E-state index >= 15 is 0 Å². The van der Waals surface area contributed by atoms with Crippen LogP contribution in [-0.4, -0.2) is 47.1 Å². The Hall–Kier alpha value is -3.15. The van der Waals surface area contributed by atoms with Gasteiger partial charge in [0.2, 0.25) is 17.6 Å². The van der Waals surface area contributed by atoms with Crippen LogP contribution in [0.5, 0.6) is 0 Å². The normalized spacial score (nSPS) is 14.3. The van der Waals surface area contributed by atoms with Crippen molar-refractivity contribution in [1.29, 1.82) is 0 Å². The molecular formula is C23H26N4O2. The lowest BCUT2D eigenvalue weighted by molar-refractivity contribution is -0.131. The number of benzene rings is 2. The molecule has 0 radical (unpaired) electrons. The van der Waals surface area contributed by atoms with Crippen LogP contribution < -0.4 is 4.90 Å². The number of piperazine rings is 1. The van der Waals surface area contributed by atoms with Gasteiger partial charge in [0.1, 0.15) is 0 Å². The van der Waals surface area contributed by atoms with E-state index in [4.69, 9.17) is 4.52 Å². The summed E-state index contributed by atoms with van der Waals surface area (Å²) < 4.78 is 5.33. The second-order valence-corrected chi connectivity index (χ2v) is 7.58. The van der Waals surface area contributed by atoms with Crippen molar-refractivity contribution in [2.45, 2.75) is 26.7 Å². The first kappa shape index (κ1) is 19.2. The van der Waals surface area contributed by atoms with Gasteiger partial charge in [0.15, 0.2) is 0 Å². The van der Waals surface area contributed by atoms with E-state index in [-0.39, 0.29) is 5.91 Å². The third-order valence-corrected chi connectivity index (χ3v) is 5.33. The zero-order valence-electron chi connectivity index (χ0n) is 17.0. The number of anilines is 1. The highest BCUT2D eigenvalue weighted by Crippen LogP contribution is 2.19. The number of hydrogen-bond donors (Lipinski definition) is 0. The monoisotopic (exact) mass is 390 g/mol. The first-order chi connectivity index (χ1) is 14.1. The quantitative estimate of drug-likeness (QED) is 0.666. The van der Waals surface area contributed by atoms with Crippen molar-refractivity contribution >= 4 is 11.6 Å². The fourth-order valence-electron chi connectivity index (χ4n) is 3.59. The van der Waals surface area contributed by atoms with Gasteiger partial charge in [-0.3, -0.25) is 4.79 Å². The predicted octanol–water partition coefficient (Wildman–Crippen LogP) is 3.63. The summed E-state index contributed by atoms with van der Waals surface area (Å²) in [5.74, 6) is 1.22. The minimum absolute atomic E-state index is 0.143. The third-order valence-electron chi connectivity index (χ3n) is 5.33. The van der Waals surface area contributed by atoms with Crippen molar-refractivity contribution in [2.24, 2.45) is 0 Å². The highest BCUT2D eigenvalue weighted by molar-refractivity contribution is 5.76. The predicted molar refractivity (Wildman–Crippen MR) is 113 cm³/mol. The van der Waals surface area contributed by atoms with E-state index < -0.39 is 0 Å². The van der Waals surface area contributed by atoms with Crippen LogP contribution in [0, 0.1) is 13.8 Å². The largest absolute Gasteiger partial charge is 0.368 e. The molecule has 1 amide bonds. The fourth-order valence-corrected chi connectivity index (χ4v) is 3.59. The van der Waals surface area contributed by atoms with Gasteiger partial charge < -0.3 is 14.3 Å². The van der Waals surface area contributed by atoms with Crippen molar-refractivity contribution in [1.82, 2.24) is 15.0 Å². The van der Waals surface area contributed by atoms with Crippen molar-refractivity contribution < 1.29 is 9.32 Å². The molecule has 2 heterocycles. The highest BCUT2D eigenvalue weighted by Gasteiger charge is 2.22. The molecule has 6 nitrogen and oxygen atoms in total. The Labute approximate surface area is 171 Å². The molecule has 150 valence electrons. The summed E-state index contributed by atoms with van der Waals surface area (Å²) >= 11 is 0. The molecule has 0 atom stereocenters. The first-order valence-corrected chi connectivity index (χ1v) is 10.1. The van der Waals surface area contributed by atoms with Gasteiger partial charge in [-0.1, -0.05) is 47.1 Å². The van der Waals surface area contributed by atoms with Crippen molar-refractivity contribution in [3.05, 3.63) is 65.5 Å². The number of aryl methyl sites for hydroxylation is 3. The van der Waals surface area contributed by atoms with Gasteiger partial charge in [0.25, 0.3) is 0 Å². The first-order valence-electron chi connectivity index (χ1n) is 10.1. The molecule has 2 aromatic carbocycles. The molecule has 0 N–H and O–H groups in total. The van der Waals surface area contributed by atoms with E-state index in [2.05, 4.69) is 46.2 Å². The van der Waals surface area contributed by atoms with Crippen molar-refractivity contribution in [3.8, 4) is 11.4 Å². The van der Waals surface area contributed by atoms with Crippen LogP contribution in [-0.2, 0) is 11.2 Å². The van der Waals surface area contributed by atoms with Gasteiger partial charge in [-0.15, -0.1) is 0 Å². The molecule has 6 heteroatoms. The van der Waals surface area contributed by atoms with E-state index in [0.717, 1.165) is 31.7 Å². The summed E-state index contributed by atoms with van der Waals surface area (Å²) in [7, 11) is 0. The Morgan fingerprint density at radius 1 is 1.00 bits per heavy atom. The summed E-state index contributed by atoms with van der Waals surface area (Å²) in [6.45, 7) is 7.33. The van der Waals surface area contributed by atoms with Crippen molar-refractivity contribution in [2.75, 3.05) is 31.1 Å². The van der Waals surface area contributed by atoms with Crippen LogP contribution in [0.2, 0.25) is 0 Å². The Morgan fingerprint density at radius 2 is 1.76 bits per heavy atom. The van der Waals surface area contributed by atoms with Crippen LogP contribution in [0.15, 0.2) is 53.1 Å².